The first kappa shape index (κ1) is 5.10. The second kappa shape index (κ2) is 3.03. The van der Waals surface area contributed by atoms with Crippen molar-refractivity contribution in [1.29, 1.82) is 0 Å². The molecule has 0 N–H and O–H groups in total. The molecule has 1 heterocycles. The molecule has 0 aromatic carbocycles. The average molecular weight is 90.1 g/mol. The van der Waals surface area contributed by atoms with Crippen molar-refractivity contribution in [3.05, 3.63) is 25.9 Å². The van der Waals surface area contributed by atoms with Gasteiger partial charge in [-0.05, 0) is 19.3 Å². The maximum atomic E-state index is 3.60. The Bertz CT molecular complexity index is 23.8. The summed E-state index contributed by atoms with van der Waals surface area (Å²) in [5.74, 6) is 0. The lowest BCUT2D eigenvalue weighted by atomic mass is 10.2. The predicted molar refractivity (Wildman–Crippen MR) is 24.3 cm³/mol. The zero-order chi connectivity index (χ0) is 4.95. The van der Waals surface area contributed by atoms with Gasteiger partial charge in [-0.1, -0.05) is 0 Å². The van der Waals surface area contributed by atoms with Crippen LogP contribution in [0.2, 0.25) is 0 Å². The molecule has 7 heavy (non-hydrogen) atoms. The Labute approximate surface area is 45.1 Å². The van der Waals surface area contributed by atoms with Gasteiger partial charge in [-0.25, -0.2) is 5.32 Å². The van der Waals surface area contributed by atoms with Crippen LogP contribution in [-0.4, -0.2) is 0 Å². The highest BCUT2D eigenvalue weighted by Gasteiger charge is 1.99. The molecule has 1 aliphatic rings. The molecular weight excluding hydrogens is 86.1 g/mol. The van der Waals surface area contributed by atoms with Crippen LogP contribution in [0.1, 0.15) is 12.8 Å². The summed E-state index contributed by atoms with van der Waals surface area (Å²) < 4.78 is 0. The summed E-state index contributed by atoms with van der Waals surface area (Å²) in [5, 5.41) is 3.60. The fraction of sp³-hybridized carbons (Fsp3) is 0.333. The van der Waals surface area contributed by atoms with Crippen molar-refractivity contribution in [2.24, 2.45) is 0 Å². The third-order valence-electron chi connectivity index (χ3n) is 0.641. The van der Waals surface area contributed by atoms with Gasteiger partial charge in [0.25, 0.3) is 0 Å². The molecule has 0 spiro atoms. The third kappa shape index (κ3) is 1.93. The van der Waals surface area contributed by atoms with E-state index in [0.717, 1.165) is 12.8 Å². The van der Waals surface area contributed by atoms with Crippen LogP contribution in [-0.2, 0) is 0 Å². The van der Waals surface area contributed by atoms with Crippen molar-refractivity contribution in [2.75, 3.05) is 0 Å². The Balaban J connectivity index is 2.04. The number of hydrogen-bond acceptors (Lipinski definition) is 0. The van der Waals surface area contributed by atoms with Gasteiger partial charge in [-0.2, -0.15) is 0 Å². The summed E-state index contributed by atoms with van der Waals surface area (Å²) in [6.07, 6.45) is 7.17. The van der Waals surface area contributed by atoms with Crippen molar-refractivity contribution in [1.82, 2.24) is 5.32 Å². The molecule has 0 aliphatic carbocycles. The molecular formula is C6H4N. The summed E-state index contributed by atoms with van der Waals surface area (Å²) in [4.78, 5) is 0. The number of rotatable bonds is 0. The highest BCUT2D eigenvalue weighted by molar-refractivity contribution is 4.98. The van der Waals surface area contributed by atoms with E-state index in [9.17, 15) is 0 Å². The van der Waals surface area contributed by atoms with E-state index in [1.807, 2.05) is 0 Å². The predicted octanol–water partition coefficient (Wildman–Crippen LogP) is 0.625. The zero-order valence-electron chi connectivity index (χ0n) is 3.86. The lowest BCUT2D eigenvalue weighted by Crippen LogP contribution is -1.91. The molecule has 0 atom stereocenters. The zero-order valence-corrected chi connectivity index (χ0v) is 3.86. The Morgan fingerprint density at radius 1 is 1.29 bits per heavy atom. The summed E-state index contributed by atoms with van der Waals surface area (Å²) >= 11 is 0. The van der Waals surface area contributed by atoms with Crippen molar-refractivity contribution in [2.45, 2.75) is 12.8 Å². The average Bonchev–Trinajstić information content (AvgIpc) is 1.90. The van der Waals surface area contributed by atoms with Gasteiger partial charge in [0.05, 0.1) is 13.1 Å². The maximum absolute atomic E-state index is 3.60. The minimum absolute atomic E-state index is 0.847. The SMILES string of the molecule is [C]1[C]CC[C][N][C]1. The van der Waals surface area contributed by atoms with Crippen LogP contribution >= 0.6 is 0 Å². The van der Waals surface area contributed by atoms with Crippen LogP contribution in [0, 0.1) is 25.9 Å². The summed E-state index contributed by atoms with van der Waals surface area (Å²) in [7, 11) is 0. The van der Waals surface area contributed by atoms with Crippen molar-refractivity contribution in [3.8, 4) is 0 Å². The van der Waals surface area contributed by atoms with Gasteiger partial charge in [0, 0.05) is 6.42 Å². The van der Waals surface area contributed by atoms with Gasteiger partial charge in [0.15, 0.2) is 0 Å². The van der Waals surface area contributed by atoms with Crippen LogP contribution in [0.3, 0.4) is 0 Å². The molecule has 1 heteroatoms. The van der Waals surface area contributed by atoms with E-state index in [0.29, 0.717) is 0 Å². The van der Waals surface area contributed by atoms with Crippen LogP contribution in [0.25, 0.3) is 0 Å². The second-order valence-corrected chi connectivity index (χ2v) is 1.18. The molecule has 1 aliphatic heterocycles. The Hall–Kier alpha value is -0.0400. The van der Waals surface area contributed by atoms with E-state index >= 15 is 0 Å². The normalized spacial score (nSPS) is 24.0. The van der Waals surface area contributed by atoms with Gasteiger partial charge in [-0.3, -0.25) is 0 Å². The van der Waals surface area contributed by atoms with E-state index in [-0.39, 0.29) is 0 Å². The molecule has 1 nitrogen and oxygen atoms in total. The minimum Gasteiger partial charge on any atom is -0.219 e. The smallest absolute Gasteiger partial charge is 0.0885 e. The number of hydrogen-bond donors (Lipinski definition) is 0. The van der Waals surface area contributed by atoms with Gasteiger partial charge >= 0.3 is 0 Å². The standard InChI is InChI=1S/C6H4N/c1-2-4-6-7-5-3-1/h1,3H2. The number of nitrogens with zero attached hydrogens (tertiary/aromatic N) is 1. The molecule has 0 bridgehead atoms. The Morgan fingerprint density at radius 2 is 2.29 bits per heavy atom. The molecule has 1 rings (SSSR count). The Kier molecular flexibility index (Phi) is 2.21. The molecule has 0 amide bonds. The van der Waals surface area contributed by atoms with Crippen molar-refractivity contribution in [3.63, 3.8) is 0 Å². The first-order chi connectivity index (χ1) is 3.50. The highest BCUT2D eigenvalue weighted by Crippen LogP contribution is 2.05. The van der Waals surface area contributed by atoms with Gasteiger partial charge in [-0.15, -0.1) is 0 Å². The van der Waals surface area contributed by atoms with Crippen LogP contribution in [0.15, 0.2) is 0 Å². The molecule has 0 unspecified atom stereocenters. The lowest BCUT2D eigenvalue weighted by molar-refractivity contribution is 0.860. The quantitative estimate of drug-likeness (QED) is 0.414. The Morgan fingerprint density at radius 3 is 3.29 bits per heavy atom. The summed E-state index contributed by atoms with van der Waals surface area (Å²) in [5.41, 5.74) is 0. The molecule has 1 saturated heterocycles. The van der Waals surface area contributed by atoms with E-state index in [4.69, 9.17) is 0 Å². The minimum atomic E-state index is 0.847. The topological polar surface area (TPSA) is 14.1 Å². The first-order valence-electron chi connectivity index (χ1n) is 2.15. The van der Waals surface area contributed by atoms with E-state index in [1.54, 1.807) is 0 Å². The maximum Gasteiger partial charge on any atom is 0.0885 e. The van der Waals surface area contributed by atoms with Gasteiger partial charge in [0.1, 0.15) is 0 Å². The highest BCUT2D eigenvalue weighted by atomic mass is 14.8. The second-order valence-electron chi connectivity index (χ2n) is 1.18. The van der Waals surface area contributed by atoms with Crippen molar-refractivity contribution >= 4 is 0 Å². The van der Waals surface area contributed by atoms with E-state index in [2.05, 4.69) is 31.2 Å². The molecule has 1 fully saturated rings. The molecule has 0 saturated carbocycles. The fourth-order valence-electron chi connectivity index (χ4n) is 0.344. The summed E-state index contributed by atoms with van der Waals surface area (Å²) in [6, 6.07) is 0. The molecule has 0 aromatic heterocycles. The molecule has 0 aromatic rings. The first-order valence-corrected chi connectivity index (χ1v) is 2.15. The molecule has 9 radical (unpaired) electrons. The van der Waals surface area contributed by atoms with Crippen LogP contribution < -0.4 is 5.32 Å². The summed E-state index contributed by atoms with van der Waals surface area (Å²) in [6.45, 7) is 5.24. The van der Waals surface area contributed by atoms with Gasteiger partial charge < -0.3 is 0 Å². The van der Waals surface area contributed by atoms with E-state index < -0.39 is 0 Å². The third-order valence-corrected chi connectivity index (χ3v) is 0.641. The largest absolute Gasteiger partial charge is 0.219 e. The monoisotopic (exact) mass is 90.0 g/mol. The van der Waals surface area contributed by atoms with Crippen LogP contribution in [0.4, 0.5) is 0 Å². The molecule has 33 valence electrons. The van der Waals surface area contributed by atoms with Gasteiger partial charge in [0.2, 0.25) is 0 Å². The fourth-order valence-corrected chi connectivity index (χ4v) is 0.344. The van der Waals surface area contributed by atoms with Crippen molar-refractivity contribution < 1.29 is 0 Å². The van der Waals surface area contributed by atoms with Crippen LogP contribution in [0.5, 0.6) is 0 Å². The lowest BCUT2D eigenvalue weighted by Gasteiger charge is -1.84. The van der Waals surface area contributed by atoms with E-state index in [1.165, 1.54) is 0 Å².